The van der Waals surface area contributed by atoms with Crippen molar-refractivity contribution in [1.29, 1.82) is 0 Å². The van der Waals surface area contributed by atoms with Crippen molar-refractivity contribution in [1.82, 2.24) is 5.32 Å². The number of ether oxygens (including phenoxy) is 1. The van der Waals surface area contributed by atoms with Gasteiger partial charge in [-0.2, -0.15) is 0 Å². The minimum atomic E-state index is -0.622. The van der Waals surface area contributed by atoms with Gasteiger partial charge < -0.3 is 26.0 Å². The Kier molecular flexibility index (Phi) is 10.6. The summed E-state index contributed by atoms with van der Waals surface area (Å²) in [4.78, 5) is 50.2. The van der Waals surface area contributed by atoms with Crippen LogP contribution in [-0.4, -0.2) is 42.5 Å². The van der Waals surface area contributed by atoms with Crippen LogP contribution >= 0.6 is 0 Å². The van der Waals surface area contributed by atoms with E-state index in [4.69, 9.17) is 4.74 Å². The van der Waals surface area contributed by atoms with E-state index in [1.807, 2.05) is 18.2 Å². The molecule has 10 heteroatoms. The number of hydrogen-bond donors (Lipinski definition) is 5. The molecule has 5 rings (SSSR count). The summed E-state index contributed by atoms with van der Waals surface area (Å²) in [7, 11) is 0. The van der Waals surface area contributed by atoms with Crippen LogP contribution < -0.4 is 26.6 Å². The molecule has 0 atom stereocenters. The summed E-state index contributed by atoms with van der Waals surface area (Å²) in [6.07, 6.45) is -0.582. The van der Waals surface area contributed by atoms with Crippen LogP contribution in [0.25, 0.3) is 10.8 Å². The van der Waals surface area contributed by atoms with Crippen molar-refractivity contribution in [2.75, 3.05) is 34.4 Å². The molecule has 0 aromatic heterocycles. The van der Waals surface area contributed by atoms with Crippen LogP contribution in [0, 0.1) is 6.92 Å². The number of rotatable bonds is 10. The lowest BCUT2D eigenvalue weighted by atomic mass is 10.0. The molecule has 250 valence electrons. The number of hydrogen-bond acceptors (Lipinski definition) is 6. The molecular weight excluding hydrogens is 618 g/mol. The molecule has 0 bridgehead atoms. The predicted octanol–water partition coefficient (Wildman–Crippen LogP) is 7.84. The van der Waals surface area contributed by atoms with E-state index in [1.165, 1.54) is 10.9 Å². The highest BCUT2D eigenvalue weighted by atomic mass is 16.6. The second kappa shape index (κ2) is 15.2. The van der Waals surface area contributed by atoms with Crippen molar-refractivity contribution in [2.24, 2.45) is 0 Å². The third kappa shape index (κ3) is 9.45. The summed E-state index contributed by atoms with van der Waals surface area (Å²) in [5.74, 6) is -0.890. The normalized spacial score (nSPS) is 10.9. The first-order valence-corrected chi connectivity index (χ1v) is 15.9. The van der Waals surface area contributed by atoms with Crippen molar-refractivity contribution < 1.29 is 23.9 Å². The van der Waals surface area contributed by atoms with Gasteiger partial charge in [0.15, 0.2) is 0 Å². The van der Waals surface area contributed by atoms with Crippen LogP contribution in [0.3, 0.4) is 0 Å². The molecule has 0 aliphatic heterocycles. The van der Waals surface area contributed by atoms with Crippen LogP contribution in [0.5, 0.6) is 0 Å². The van der Waals surface area contributed by atoms with E-state index in [0.717, 1.165) is 11.1 Å². The van der Waals surface area contributed by atoms with Gasteiger partial charge in [-0.15, -0.1) is 0 Å². The average molecular weight is 658 g/mol. The minimum Gasteiger partial charge on any atom is -0.444 e. The molecule has 0 radical (unpaired) electrons. The molecule has 5 N–H and O–H groups in total. The average Bonchev–Trinajstić information content (AvgIpc) is 3.07. The minimum absolute atomic E-state index is 0.209. The highest BCUT2D eigenvalue weighted by molar-refractivity contribution is 6.07. The van der Waals surface area contributed by atoms with Gasteiger partial charge in [-0.1, -0.05) is 30.3 Å². The van der Waals surface area contributed by atoms with E-state index in [1.54, 1.807) is 93.6 Å². The van der Waals surface area contributed by atoms with Crippen LogP contribution in [-0.2, 0) is 4.74 Å². The molecule has 10 nitrogen and oxygen atoms in total. The Labute approximate surface area is 285 Å². The summed E-state index contributed by atoms with van der Waals surface area (Å²) in [6, 6.07) is 31.9. The number of nitrogens with one attached hydrogen (secondary N) is 5. The Bertz CT molecular complexity index is 1970. The van der Waals surface area contributed by atoms with Gasteiger partial charge in [0.05, 0.1) is 0 Å². The maximum absolute atomic E-state index is 12.8. The summed E-state index contributed by atoms with van der Waals surface area (Å²) < 4.78 is 5.23. The zero-order valence-electron chi connectivity index (χ0n) is 27.8. The van der Waals surface area contributed by atoms with Crippen LogP contribution in [0.15, 0.2) is 109 Å². The lowest BCUT2D eigenvalue weighted by Gasteiger charge is -2.19. The summed E-state index contributed by atoms with van der Waals surface area (Å²) >= 11 is 0. The number of anilines is 4. The molecule has 0 aliphatic carbocycles. The molecule has 4 amide bonds. The molecule has 0 aliphatic rings. The summed E-state index contributed by atoms with van der Waals surface area (Å²) in [5.41, 5.74) is 4.42. The maximum atomic E-state index is 12.8. The van der Waals surface area contributed by atoms with E-state index in [-0.39, 0.29) is 17.7 Å². The lowest BCUT2D eigenvalue weighted by Crippen LogP contribution is -2.28. The maximum Gasteiger partial charge on any atom is 0.412 e. The largest absolute Gasteiger partial charge is 0.444 e. The van der Waals surface area contributed by atoms with Gasteiger partial charge in [0.1, 0.15) is 5.60 Å². The number of amides is 4. The van der Waals surface area contributed by atoms with Crippen molar-refractivity contribution in [3.05, 3.63) is 131 Å². The number of fused-ring (bicyclic) bond motifs is 1. The molecule has 0 heterocycles. The van der Waals surface area contributed by atoms with Gasteiger partial charge in [0.25, 0.3) is 17.7 Å². The van der Waals surface area contributed by atoms with Gasteiger partial charge in [-0.25, -0.2) is 4.79 Å². The Morgan fingerprint density at radius 1 is 0.551 bits per heavy atom. The molecule has 0 spiro atoms. The summed E-state index contributed by atoms with van der Waals surface area (Å²) in [6.45, 7) is 8.41. The van der Waals surface area contributed by atoms with Crippen LogP contribution in [0.4, 0.5) is 27.5 Å². The molecular formula is C39H39N5O5. The number of benzene rings is 5. The van der Waals surface area contributed by atoms with Gasteiger partial charge >= 0.3 is 6.09 Å². The van der Waals surface area contributed by atoms with Crippen LogP contribution in [0.2, 0.25) is 0 Å². The van der Waals surface area contributed by atoms with Crippen molar-refractivity contribution in [3.8, 4) is 0 Å². The third-order valence-corrected chi connectivity index (χ3v) is 7.47. The molecule has 0 fully saturated rings. The number of carbonyl (C=O) groups excluding carboxylic acids is 4. The highest BCUT2D eigenvalue weighted by Gasteiger charge is 2.16. The zero-order valence-corrected chi connectivity index (χ0v) is 27.8. The third-order valence-electron chi connectivity index (χ3n) is 7.47. The Balaban J connectivity index is 1.06. The topological polar surface area (TPSA) is 138 Å². The van der Waals surface area contributed by atoms with Crippen LogP contribution in [0.1, 0.15) is 57.4 Å². The zero-order chi connectivity index (χ0) is 35.0. The van der Waals surface area contributed by atoms with Crippen molar-refractivity contribution >= 4 is 57.3 Å². The van der Waals surface area contributed by atoms with Gasteiger partial charge in [0.2, 0.25) is 0 Å². The second-order valence-electron chi connectivity index (χ2n) is 12.4. The first-order chi connectivity index (χ1) is 23.4. The van der Waals surface area contributed by atoms with Gasteiger partial charge in [-0.05, 0) is 118 Å². The second-order valence-corrected chi connectivity index (χ2v) is 12.4. The first kappa shape index (κ1) is 34.2. The monoisotopic (exact) mass is 657 g/mol. The fourth-order valence-corrected chi connectivity index (χ4v) is 5.04. The SMILES string of the molecule is Cc1cccc2c(NCCNC(=O)c3ccc(NC(=O)c4ccc(NC(=O)c5ccc(NC(=O)OC(C)(C)C)cc5)cc4)cc3)cccc12. The predicted molar refractivity (Wildman–Crippen MR) is 195 cm³/mol. The van der Waals surface area contributed by atoms with E-state index >= 15 is 0 Å². The van der Waals surface area contributed by atoms with Gasteiger partial charge in [-0.3, -0.25) is 19.7 Å². The quantitative estimate of drug-likeness (QED) is 0.0971. The standard InChI is InChI=1S/C39H39N5O5/c1-25-7-5-9-33-32(25)8-6-10-34(33)40-23-24-41-35(45)26-11-17-29(18-12-26)42-36(46)27-13-19-30(20-14-27)43-37(47)28-15-21-31(22-16-28)44-38(48)49-39(2,3)4/h5-22,40H,23-24H2,1-4H3,(H,41,45)(H,42,46)(H,43,47)(H,44,48). The molecule has 0 saturated carbocycles. The molecule has 49 heavy (non-hydrogen) atoms. The van der Waals surface area contributed by atoms with Gasteiger partial charge in [0, 0.05) is 57.9 Å². The van der Waals surface area contributed by atoms with E-state index in [9.17, 15) is 19.2 Å². The molecule has 5 aromatic rings. The molecule has 0 unspecified atom stereocenters. The Hall–Kier alpha value is -6.16. The number of carbonyl (C=O) groups is 4. The highest BCUT2D eigenvalue weighted by Crippen LogP contribution is 2.25. The fraction of sp³-hybridized carbons (Fsp3) is 0.179. The van der Waals surface area contributed by atoms with E-state index < -0.39 is 11.7 Å². The lowest BCUT2D eigenvalue weighted by molar-refractivity contribution is 0.0635. The Morgan fingerprint density at radius 3 is 1.55 bits per heavy atom. The van der Waals surface area contributed by atoms with Crippen molar-refractivity contribution in [3.63, 3.8) is 0 Å². The molecule has 0 saturated heterocycles. The fourth-order valence-electron chi connectivity index (χ4n) is 5.04. The smallest absolute Gasteiger partial charge is 0.412 e. The van der Waals surface area contributed by atoms with E-state index in [0.29, 0.717) is 46.8 Å². The van der Waals surface area contributed by atoms with E-state index in [2.05, 4.69) is 51.7 Å². The first-order valence-electron chi connectivity index (χ1n) is 15.9. The molecule has 5 aromatic carbocycles. The summed E-state index contributed by atoms with van der Waals surface area (Å²) in [5, 5.41) is 16.9. The van der Waals surface area contributed by atoms with Crippen molar-refractivity contribution in [2.45, 2.75) is 33.3 Å². The Morgan fingerprint density at radius 2 is 1.02 bits per heavy atom. The number of aryl methyl sites for hydroxylation is 1.